The highest BCUT2D eigenvalue weighted by atomic mass is 79.9. The van der Waals surface area contributed by atoms with Gasteiger partial charge in [0.05, 0.1) is 0 Å². The largest absolute Gasteiger partial charge is 0.484 e. The molecular formula is C22H27BrN2O2. The number of ether oxygens (including phenoxy) is 1. The molecule has 1 amide bonds. The molecule has 0 atom stereocenters. The van der Waals surface area contributed by atoms with E-state index < -0.39 is 0 Å². The summed E-state index contributed by atoms with van der Waals surface area (Å²) in [6, 6.07) is 14.2. The SMILES string of the molecule is Cc1cc(OCC(=O)NCc2ccc(CN3CCCCC3)cc2)ccc1Br. The summed E-state index contributed by atoms with van der Waals surface area (Å²) in [5.74, 6) is 0.584. The third-order valence-corrected chi connectivity index (χ3v) is 5.76. The maximum absolute atomic E-state index is 12.0. The van der Waals surface area contributed by atoms with E-state index >= 15 is 0 Å². The molecule has 1 aliphatic heterocycles. The highest BCUT2D eigenvalue weighted by molar-refractivity contribution is 9.10. The van der Waals surface area contributed by atoms with Crippen molar-refractivity contribution in [3.8, 4) is 5.75 Å². The molecule has 1 aliphatic rings. The van der Waals surface area contributed by atoms with Crippen molar-refractivity contribution >= 4 is 21.8 Å². The summed E-state index contributed by atoms with van der Waals surface area (Å²) in [5.41, 5.74) is 3.52. The van der Waals surface area contributed by atoms with Gasteiger partial charge in [-0.05, 0) is 67.7 Å². The summed E-state index contributed by atoms with van der Waals surface area (Å²) in [7, 11) is 0. The lowest BCUT2D eigenvalue weighted by molar-refractivity contribution is -0.123. The molecular weight excluding hydrogens is 404 g/mol. The van der Waals surface area contributed by atoms with Crippen molar-refractivity contribution in [2.75, 3.05) is 19.7 Å². The van der Waals surface area contributed by atoms with Crippen LogP contribution in [0.3, 0.4) is 0 Å². The highest BCUT2D eigenvalue weighted by Crippen LogP contribution is 2.21. The minimum atomic E-state index is -0.118. The van der Waals surface area contributed by atoms with Gasteiger partial charge in [-0.1, -0.05) is 46.6 Å². The molecule has 0 radical (unpaired) electrons. The van der Waals surface area contributed by atoms with Crippen LogP contribution in [0, 0.1) is 6.92 Å². The minimum Gasteiger partial charge on any atom is -0.484 e. The van der Waals surface area contributed by atoms with Gasteiger partial charge in [0.2, 0.25) is 0 Å². The van der Waals surface area contributed by atoms with Gasteiger partial charge < -0.3 is 10.1 Å². The average Bonchev–Trinajstić information content (AvgIpc) is 2.69. The van der Waals surface area contributed by atoms with Crippen molar-refractivity contribution < 1.29 is 9.53 Å². The van der Waals surface area contributed by atoms with Crippen LogP contribution in [0.15, 0.2) is 46.9 Å². The Kier molecular flexibility index (Phi) is 7.30. The molecule has 3 rings (SSSR count). The molecule has 2 aromatic carbocycles. The molecule has 5 heteroatoms. The molecule has 1 fully saturated rings. The fraction of sp³-hybridized carbons (Fsp3) is 0.409. The average molecular weight is 431 g/mol. The van der Waals surface area contributed by atoms with E-state index in [2.05, 4.69) is 50.4 Å². The Hall–Kier alpha value is -1.85. The summed E-state index contributed by atoms with van der Waals surface area (Å²) < 4.78 is 6.59. The summed E-state index contributed by atoms with van der Waals surface area (Å²) >= 11 is 3.46. The van der Waals surface area contributed by atoms with Gasteiger partial charge in [0.25, 0.3) is 5.91 Å². The van der Waals surface area contributed by atoms with Crippen LogP contribution < -0.4 is 10.1 Å². The molecule has 0 spiro atoms. The first-order valence-corrected chi connectivity index (χ1v) is 10.4. The first kappa shape index (κ1) is 19.9. The molecule has 2 aromatic rings. The van der Waals surface area contributed by atoms with Crippen LogP contribution in [0.25, 0.3) is 0 Å². The molecule has 1 saturated heterocycles. The quantitative estimate of drug-likeness (QED) is 0.705. The van der Waals surface area contributed by atoms with Gasteiger partial charge in [-0.2, -0.15) is 0 Å². The van der Waals surface area contributed by atoms with Crippen LogP contribution >= 0.6 is 15.9 Å². The van der Waals surface area contributed by atoms with Crippen LogP contribution in [0.1, 0.15) is 36.0 Å². The molecule has 0 bridgehead atoms. The van der Waals surface area contributed by atoms with E-state index in [1.807, 2.05) is 25.1 Å². The Morgan fingerprint density at radius 2 is 1.78 bits per heavy atom. The van der Waals surface area contributed by atoms with Gasteiger partial charge in [0, 0.05) is 17.6 Å². The number of hydrogen-bond acceptors (Lipinski definition) is 3. The van der Waals surface area contributed by atoms with Crippen molar-refractivity contribution in [2.45, 2.75) is 39.3 Å². The second-order valence-electron chi connectivity index (χ2n) is 7.13. The number of nitrogens with zero attached hydrogens (tertiary/aromatic N) is 1. The Balaban J connectivity index is 1.41. The second-order valence-corrected chi connectivity index (χ2v) is 7.98. The zero-order chi connectivity index (χ0) is 19.1. The summed E-state index contributed by atoms with van der Waals surface area (Å²) in [6.45, 7) is 5.96. The molecule has 4 nitrogen and oxygen atoms in total. The molecule has 0 saturated carbocycles. The molecule has 0 aromatic heterocycles. The van der Waals surface area contributed by atoms with Crippen LogP contribution in [0.2, 0.25) is 0 Å². The number of rotatable bonds is 7. The number of hydrogen-bond donors (Lipinski definition) is 1. The Labute approximate surface area is 170 Å². The maximum Gasteiger partial charge on any atom is 0.258 e. The van der Waals surface area contributed by atoms with Gasteiger partial charge in [0.1, 0.15) is 5.75 Å². The normalized spacial score (nSPS) is 14.7. The fourth-order valence-electron chi connectivity index (χ4n) is 3.25. The van der Waals surface area contributed by atoms with Gasteiger partial charge >= 0.3 is 0 Å². The topological polar surface area (TPSA) is 41.6 Å². The van der Waals surface area contributed by atoms with Crippen LogP contribution in [-0.2, 0) is 17.9 Å². The first-order chi connectivity index (χ1) is 13.1. The van der Waals surface area contributed by atoms with Gasteiger partial charge in [-0.3, -0.25) is 9.69 Å². The predicted octanol–water partition coefficient (Wildman–Crippen LogP) is 4.44. The lowest BCUT2D eigenvalue weighted by Crippen LogP contribution is -2.29. The standard InChI is InChI=1S/C22H27BrN2O2/c1-17-13-20(9-10-21(17)23)27-16-22(26)24-14-18-5-7-19(8-6-18)15-25-11-3-2-4-12-25/h5-10,13H,2-4,11-12,14-16H2,1H3,(H,24,26). The van der Waals surface area contributed by atoms with E-state index in [0.717, 1.165) is 22.1 Å². The predicted molar refractivity (Wildman–Crippen MR) is 112 cm³/mol. The summed E-state index contributed by atoms with van der Waals surface area (Å²) in [4.78, 5) is 14.5. The van der Waals surface area contributed by atoms with Gasteiger partial charge in [-0.25, -0.2) is 0 Å². The molecule has 27 heavy (non-hydrogen) atoms. The highest BCUT2D eigenvalue weighted by Gasteiger charge is 2.10. The molecule has 0 unspecified atom stereocenters. The zero-order valence-corrected chi connectivity index (χ0v) is 17.4. The number of likely N-dealkylation sites (tertiary alicyclic amines) is 1. The Morgan fingerprint density at radius 3 is 2.48 bits per heavy atom. The lowest BCUT2D eigenvalue weighted by atomic mass is 10.1. The van der Waals surface area contributed by atoms with Crippen molar-refractivity contribution in [1.82, 2.24) is 10.2 Å². The van der Waals surface area contributed by atoms with Crippen LogP contribution in [0.5, 0.6) is 5.75 Å². The van der Waals surface area contributed by atoms with E-state index in [1.54, 1.807) is 0 Å². The second kappa shape index (κ2) is 9.90. The Morgan fingerprint density at radius 1 is 1.07 bits per heavy atom. The van der Waals surface area contributed by atoms with Gasteiger partial charge in [0.15, 0.2) is 6.61 Å². The van der Waals surface area contributed by atoms with E-state index in [4.69, 9.17) is 4.74 Å². The van der Waals surface area contributed by atoms with Crippen molar-refractivity contribution in [2.24, 2.45) is 0 Å². The maximum atomic E-state index is 12.0. The van der Waals surface area contributed by atoms with Crippen LogP contribution in [0.4, 0.5) is 0 Å². The Bertz CT molecular complexity index is 755. The number of carbonyl (C=O) groups is 1. The smallest absolute Gasteiger partial charge is 0.258 e. The molecule has 0 aliphatic carbocycles. The number of halogens is 1. The number of carbonyl (C=O) groups excluding carboxylic acids is 1. The third-order valence-electron chi connectivity index (χ3n) is 4.87. The molecule has 144 valence electrons. The van der Waals surface area contributed by atoms with E-state index in [9.17, 15) is 4.79 Å². The van der Waals surface area contributed by atoms with Gasteiger partial charge in [-0.15, -0.1) is 0 Å². The van der Waals surface area contributed by atoms with E-state index in [-0.39, 0.29) is 12.5 Å². The van der Waals surface area contributed by atoms with Crippen LogP contribution in [-0.4, -0.2) is 30.5 Å². The number of nitrogens with one attached hydrogen (secondary N) is 1. The number of piperidine rings is 1. The zero-order valence-electron chi connectivity index (χ0n) is 15.8. The van der Waals surface area contributed by atoms with Crippen molar-refractivity contribution in [1.29, 1.82) is 0 Å². The number of aryl methyl sites for hydroxylation is 1. The lowest BCUT2D eigenvalue weighted by Gasteiger charge is -2.26. The number of benzene rings is 2. The van der Waals surface area contributed by atoms with E-state index in [0.29, 0.717) is 12.3 Å². The minimum absolute atomic E-state index is 0.0219. The fourth-order valence-corrected chi connectivity index (χ4v) is 3.49. The van der Waals surface area contributed by atoms with Crippen molar-refractivity contribution in [3.63, 3.8) is 0 Å². The van der Waals surface area contributed by atoms with Crippen molar-refractivity contribution in [3.05, 3.63) is 63.6 Å². The summed E-state index contributed by atoms with van der Waals surface area (Å²) in [5, 5.41) is 2.91. The first-order valence-electron chi connectivity index (χ1n) is 9.56. The number of amides is 1. The monoisotopic (exact) mass is 430 g/mol. The molecule has 1 N–H and O–H groups in total. The molecule has 1 heterocycles. The summed E-state index contributed by atoms with van der Waals surface area (Å²) in [6.07, 6.45) is 3.98. The van der Waals surface area contributed by atoms with E-state index in [1.165, 1.54) is 37.9 Å². The third kappa shape index (κ3) is 6.36.